The molecule has 7 heteroatoms. The molecule has 31 heavy (non-hydrogen) atoms. The average molecular weight is 444 g/mol. The van der Waals surface area contributed by atoms with Crippen molar-refractivity contribution in [1.29, 1.82) is 0 Å². The third-order valence-electron chi connectivity index (χ3n) is 5.73. The number of rotatable bonds is 9. The van der Waals surface area contributed by atoms with Gasteiger partial charge in [-0.1, -0.05) is 30.7 Å². The highest BCUT2D eigenvalue weighted by Crippen LogP contribution is 2.21. The topological polar surface area (TPSA) is 53.0 Å². The van der Waals surface area contributed by atoms with Gasteiger partial charge in [-0.2, -0.15) is 0 Å². The Morgan fingerprint density at radius 1 is 1.26 bits per heavy atom. The first-order chi connectivity index (χ1) is 15.1. The van der Waals surface area contributed by atoms with Crippen LogP contribution in [0.15, 0.2) is 34.6 Å². The lowest BCUT2D eigenvalue weighted by Gasteiger charge is -2.27. The molecule has 1 saturated heterocycles. The van der Waals surface area contributed by atoms with Crippen molar-refractivity contribution >= 4 is 17.3 Å². The lowest BCUT2D eigenvalue weighted by molar-refractivity contribution is 0.119. The number of piperidine rings is 1. The molecule has 3 rings (SSSR count). The van der Waals surface area contributed by atoms with Gasteiger partial charge in [0, 0.05) is 32.6 Å². The van der Waals surface area contributed by atoms with E-state index in [2.05, 4.69) is 58.7 Å². The van der Waals surface area contributed by atoms with Gasteiger partial charge in [-0.05, 0) is 50.9 Å². The number of aliphatic imine (C=N–C) groups is 1. The molecule has 0 amide bonds. The second kappa shape index (κ2) is 12.2. The van der Waals surface area contributed by atoms with Crippen LogP contribution in [0.5, 0.6) is 0 Å². The van der Waals surface area contributed by atoms with Crippen molar-refractivity contribution in [2.45, 2.75) is 58.8 Å². The highest BCUT2D eigenvalue weighted by Gasteiger charge is 2.14. The number of nitrogens with one attached hydrogen (secondary N) is 1. The highest BCUT2D eigenvalue weighted by molar-refractivity contribution is 7.09. The van der Waals surface area contributed by atoms with E-state index in [1.807, 2.05) is 6.92 Å². The van der Waals surface area contributed by atoms with Gasteiger partial charge in [0.2, 0.25) is 0 Å². The van der Waals surface area contributed by atoms with Crippen LogP contribution in [0.25, 0.3) is 0 Å². The molecule has 1 atom stereocenters. The summed E-state index contributed by atoms with van der Waals surface area (Å²) in [5.41, 5.74) is 3.74. The second-order valence-electron chi connectivity index (χ2n) is 8.19. The van der Waals surface area contributed by atoms with Gasteiger partial charge in [0.05, 0.1) is 18.8 Å². The normalized spacial score (nSPS) is 16.3. The van der Waals surface area contributed by atoms with Crippen LogP contribution in [0.4, 0.5) is 0 Å². The number of thiazole rings is 1. The first-order valence-corrected chi connectivity index (χ1v) is 12.2. The molecule has 170 valence electrons. The zero-order valence-electron chi connectivity index (χ0n) is 19.4. The van der Waals surface area contributed by atoms with Gasteiger partial charge in [0.15, 0.2) is 5.96 Å². The van der Waals surface area contributed by atoms with Crippen molar-refractivity contribution in [3.8, 4) is 0 Å². The molecule has 1 aliphatic heterocycles. The fourth-order valence-electron chi connectivity index (χ4n) is 3.85. The van der Waals surface area contributed by atoms with E-state index in [9.17, 15) is 0 Å². The zero-order chi connectivity index (χ0) is 22.1. The molecule has 1 fully saturated rings. The van der Waals surface area contributed by atoms with Crippen LogP contribution in [-0.2, 0) is 24.4 Å². The molecule has 1 aromatic carbocycles. The van der Waals surface area contributed by atoms with E-state index in [0.717, 1.165) is 29.8 Å². The van der Waals surface area contributed by atoms with E-state index in [0.29, 0.717) is 13.1 Å². The molecule has 1 N–H and O–H groups in total. The molecule has 0 bridgehead atoms. The minimum absolute atomic E-state index is 0.0300. The quantitative estimate of drug-likeness (QED) is 0.459. The number of methoxy groups -OCH3 is 1. The maximum atomic E-state index is 5.39. The van der Waals surface area contributed by atoms with Crippen LogP contribution < -0.4 is 5.32 Å². The van der Waals surface area contributed by atoms with E-state index >= 15 is 0 Å². The molecule has 2 heterocycles. The van der Waals surface area contributed by atoms with E-state index in [4.69, 9.17) is 14.7 Å². The van der Waals surface area contributed by atoms with Gasteiger partial charge >= 0.3 is 0 Å². The number of aromatic nitrogens is 1. The summed E-state index contributed by atoms with van der Waals surface area (Å²) in [5.74, 6) is 0.907. The van der Waals surface area contributed by atoms with Crippen molar-refractivity contribution in [1.82, 2.24) is 20.1 Å². The van der Waals surface area contributed by atoms with Crippen molar-refractivity contribution < 1.29 is 4.74 Å². The van der Waals surface area contributed by atoms with Crippen LogP contribution >= 0.6 is 11.3 Å². The Balaban J connectivity index is 1.67. The number of ether oxygens (including phenoxy) is 1. The second-order valence-corrected chi connectivity index (χ2v) is 9.08. The fourth-order valence-corrected chi connectivity index (χ4v) is 4.70. The monoisotopic (exact) mass is 443 g/mol. The number of hydrogen-bond donors (Lipinski definition) is 1. The first kappa shape index (κ1) is 23.7. The molecule has 0 saturated carbocycles. The third kappa shape index (κ3) is 7.02. The van der Waals surface area contributed by atoms with Gasteiger partial charge in [-0.15, -0.1) is 11.3 Å². The van der Waals surface area contributed by atoms with E-state index in [-0.39, 0.29) is 6.10 Å². The summed E-state index contributed by atoms with van der Waals surface area (Å²) >= 11 is 1.65. The lowest BCUT2D eigenvalue weighted by Crippen LogP contribution is -2.38. The van der Waals surface area contributed by atoms with E-state index in [1.165, 1.54) is 43.5 Å². The highest BCUT2D eigenvalue weighted by atomic mass is 32.1. The largest absolute Gasteiger partial charge is 0.375 e. The molecule has 1 aromatic heterocycles. The summed E-state index contributed by atoms with van der Waals surface area (Å²) in [6, 6.07) is 8.73. The van der Waals surface area contributed by atoms with Crippen LogP contribution in [0.1, 0.15) is 61.0 Å². The molecular formula is C24H37N5OS. The van der Waals surface area contributed by atoms with Crippen molar-refractivity contribution in [2.24, 2.45) is 4.99 Å². The standard InChI is InChI=1S/C24H37N5OS/c1-5-25-24(28(3)17-22-18-31-23(27-22)19(2)30-4)26-15-20-11-7-8-12-21(20)16-29-13-9-6-10-14-29/h7-8,11-12,18-19H,5-6,9-10,13-17H2,1-4H3,(H,25,26). The summed E-state index contributed by atoms with van der Waals surface area (Å²) in [6.45, 7) is 9.81. The number of benzene rings is 1. The summed E-state index contributed by atoms with van der Waals surface area (Å²) in [6.07, 6.45) is 4.03. The van der Waals surface area contributed by atoms with E-state index in [1.54, 1.807) is 18.4 Å². The minimum Gasteiger partial charge on any atom is -0.375 e. The number of likely N-dealkylation sites (tertiary alicyclic amines) is 1. The molecule has 0 spiro atoms. The minimum atomic E-state index is 0.0300. The summed E-state index contributed by atoms with van der Waals surface area (Å²) in [4.78, 5) is 14.4. The van der Waals surface area contributed by atoms with Gasteiger partial charge in [0.25, 0.3) is 0 Å². The molecule has 0 radical (unpaired) electrons. The first-order valence-electron chi connectivity index (χ1n) is 11.4. The number of hydrogen-bond acceptors (Lipinski definition) is 5. The maximum Gasteiger partial charge on any atom is 0.194 e. The maximum absolute atomic E-state index is 5.39. The SMILES string of the molecule is CCNC(=NCc1ccccc1CN1CCCCC1)N(C)Cc1csc(C(C)OC)n1. The average Bonchev–Trinajstić information content (AvgIpc) is 3.26. The Labute approximate surface area is 191 Å². The predicted molar refractivity (Wildman–Crippen MR) is 129 cm³/mol. The molecule has 6 nitrogen and oxygen atoms in total. The zero-order valence-corrected chi connectivity index (χ0v) is 20.2. The number of guanidine groups is 1. The lowest BCUT2D eigenvalue weighted by atomic mass is 10.1. The Morgan fingerprint density at radius 2 is 2.00 bits per heavy atom. The summed E-state index contributed by atoms with van der Waals surface area (Å²) in [7, 11) is 3.79. The molecule has 1 unspecified atom stereocenters. The van der Waals surface area contributed by atoms with E-state index < -0.39 is 0 Å². The fraction of sp³-hybridized carbons (Fsp3) is 0.583. The molecule has 1 aliphatic rings. The Bertz CT molecular complexity index is 831. The Kier molecular flexibility index (Phi) is 9.31. The van der Waals surface area contributed by atoms with Gasteiger partial charge < -0.3 is 15.0 Å². The predicted octanol–water partition coefficient (Wildman–Crippen LogP) is 4.43. The van der Waals surface area contributed by atoms with Crippen molar-refractivity contribution in [3.63, 3.8) is 0 Å². The van der Waals surface area contributed by atoms with Gasteiger partial charge in [0.1, 0.15) is 11.1 Å². The summed E-state index contributed by atoms with van der Waals surface area (Å²) in [5, 5.41) is 6.55. The van der Waals surface area contributed by atoms with Gasteiger partial charge in [-0.3, -0.25) is 4.90 Å². The van der Waals surface area contributed by atoms with Crippen LogP contribution in [0.3, 0.4) is 0 Å². The molecule has 0 aliphatic carbocycles. The van der Waals surface area contributed by atoms with Gasteiger partial charge in [-0.25, -0.2) is 9.98 Å². The smallest absolute Gasteiger partial charge is 0.194 e. The number of nitrogens with zero attached hydrogens (tertiary/aromatic N) is 4. The molecule has 2 aromatic rings. The Morgan fingerprint density at radius 3 is 2.71 bits per heavy atom. The van der Waals surface area contributed by atoms with Crippen LogP contribution in [-0.4, -0.2) is 54.5 Å². The molecular weight excluding hydrogens is 406 g/mol. The van der Waals surface area contributed by atoms with Crippen LogP contribution in [0, 0.1) is 0 Å². The van der Waals surface area contributed by atoms with Crippen molar-refractivity contribution in [3.05, 3.63) is 51.5 Å². The third-order valence-corrected chi connectivity index (χ3v) is 6.78. The summed E-state index contributed by atoms with van der Waals surface area (Å²) < 4.78 is 5.39. The van der Waals surface area contributed by atoms with Crippen molar-refractivity contribution in [2.75, 3.05) is 33.8 Å². The van der Waals surface area contributed by atoms with Crippen LogP contribution in [0.2, 0.25) is 0 Å². The Hall–Kier alpha value is -1.96.